The highest BCUT2D eigenvalue weighted by Gasteiger charge is 2.39. The van der Waals surface area contributed by atoms with Gasteiger partial charge in [0.1, 0.15) is 6.04 Å². The molecule has 123 valence electrons. The number of nitrogens with two attached hydrogens (primary N) is 1. The highest BCUT2D eigenvalue weighted by atomic mass is 32.1. The summed E-state index contributed by atoms with van der Waals surface area (Å²) in [6.45, 7) is 4.38. The number of nitrogens with one attached hydrogen (secondary N) is 1. The molecule has 8 heteroatoms. The van der Waals surface area contributed by atoms with Crippen LogP contribution < -0.4 is 11.2 Å². The maximum Gasteiger partial charge on any atom is 0.294 e. The van der Waals surface area contributed by atoms with Gasteiger partial charge in [0.15, 0.2) is 0 Å². The predicted octanol–water partition coefficient (Wildman–Crippen LogP) is 1.30. The predicted molar refractivity (Wildman–Crippen MR) is 95.0 cm³/mol. The van der Waals surface area contributed by atoms with Gasteiger partial charge in [-0.2, -0.15) is 5.48 Å². The largest absolute Gasteiger partial charge is 0.368 e. The smallest absolute Gasteiger partial charge is 0.294 e. The van der Waals surface area contributed by atoms with Crippen molar-refractivity contribution in [1.82, 2.24) is 10.3 Å². The van der Waals surface area contributed by atoms with Gasteiger partial charge in [0, 0.05) is 21.7 Å². The fraction of sp³-hybridized carbons (Fsp3) is 0.250. The Morgan fingerprint density at radius 2 is 2.33 bits per heavy atom. The summed E-state index contributed by atoms with van der Waals surface area (Å²) in [5.41, 5.74) is 9.48. The Hall–Kier alpha value is -2.00. The SMILES string of the molecule is C=CCONC1CN([B]C=O)C(C(N)=O)c2c1sc1ccccc21. The average molecular weight is 342 g/mol. The number of hydrogen-bond donors (Lipinski definition) is 2. The first-order valence-corrected chi connectivity index (χ1v) is 8.32. The van der Waals surface area contributed by atoms with Gasteiger partial charge in [-0.05, 0) is 11.5 Å². The van der Waals surface area contributed by atoms with E-state index >= 15 is 0 Å². The molecule has 0 fully saturated rings. The van der Waals surface area contributed by atoms with Gasteiger partial charge < -0.3 is 15.3 Å². The number of carbonyl (C=O) groups is 2. The van der Waals surface area contributed by atoms with Crippen LogP contribution in [-0.4, -0.2) is 37.5 Å². The minimum Gasteiger partial charge on any atom is -0.368 e. The number of rotatable bonds is 7. The zero-order valence-corrected chi connectivity index (χ0v) is 13.8. The molecule has 3 N–H and O–H groups in total. The lowest BCUT2D eigenvalue weighted by Gasteiger charge is -2.37. The molecule has 1 amide bonds. The van der Waals surface area contributed by atoms with Crippen molar-refractivity contribution in [2.75, 3.05) is 13.2 Å². The Morgan fingerprint density at radius 1 is 1.54 bits per heavy atom. The van der Waals surface area contributed by atoms with Crippen LogP contribution >= 0.6 is 11.3 Å². The molecule has 3 rings (SSSR count). The fourth-order valence-electron chi connectivity index (χ4n) is 3.02. The molecule has 6 nitrogen and oxygen atoms in total. The maximum absolute atomic E-state index is 12.1. The minimum atomic E-state index is -0.668. The Bertz CT molecular complexity index is 779. The van der Waals surface area contributed by atoms with E-state index in [2.05, 4.69) is 12.1 Å². The van der Waals surface area contributed by atoms with E-state index in [-0.39, 0.29) is 6.04 Å². The van der Waals surface area contributed by atoms with E-state index in [0.717, 1.165) is 20.5 Å². The molecule has 2 unspecified atom stereocenters. The standard InChI is InChI=1S/C16H17BN3O3S/c1-2-7-23-19-11-8-20(17-9-21)14(16(18)22)13-10-5-3-4-6-12(10)24-15(11)13/h2-6,9,11,14,19H,1,7-8H2,(H2,18,22). The average Bonchev–Trinajstić information content (AvgIpc) is 2.95. The molecule has 2 aromatic rings. The second kappa shape index (κ2) is 7.27. The monoisotopic (exact) mass is 342 g/mol. The first kappa shape index (κ1) is 16.8. The Labute approximate surface area is 144 Å². The number of benzene rings is 1. The summed E-state index contributed by atoms with van der Waals surface area (Å²) in [5, 5.41) is 0.973. The molecule has 2 heterocycles. The molecule has 1 radical (unpaired) electrons. The molecule has 0 bridgehead atoms. The third-order valence-corrected chi connectivity index (χ3v) is 5.23. The first-order valence-electron chi connectivity index (χ1n) is 7.50. The van der Waals surface area contributed by atoms with E-state index in [0.29, 0.717) is 19.3 Å². The zero-order chi connectivity index (χ0) is 17.1. The second-order valence-corrected chi connectivity index (χ2v) is 6.52. The van der Waals surface area contributed by atoms with E-state index in [1.807, 2.05) is 24.3 Å². The molecular weight excluding hydrogens is 325 g/mol. The van der Waals surface area contributed by atoms with Crippen molar-refractivity contribution in [3.8, 4) is 0 Å². The van der Waals surface area contributed by atoms with Crippen molar-refractivity contribution in [1.29, 1.82) is 0 Å². The summed E-state index contributed by atoms with van der Waals surface area (Å²) in [6.07, 6.45) is 2.31. The van der Waals surface area contributed by atoms with Gasteiger partial charge in [0.25, 0.3) is 7.41 Å². The van der Waals surface area contributed by atoms with Gasteiger partial charge in [0.05, 0.1) is 18.8 Å². The number of fused-ring (bicyclic) bond motifs is 3. The highest BCUT2D eigenvalue weighted by molar-refractivity contribution is 7.19. The van der Waals surface area contributed by atoms with Crippen molar-refractivity contribution in [2.24, 2.45) is 5.73 Å². The molecule has 2 atom stereocenters. The summed E-state index contributed by atoms with van der Waals surface area (Å²) in [4.78, 5) is 31.2. The van der Waals surface area contributed by atoms with Crippen LogP contribution in [0.1, 0.15) is 22.5 Å². The van der Waals surface area contributed by atoms with Crippen molar-refractivity contribution in [3.05, 3.63) is 47.4 Å². The summed E-state index contributed by atoms with van der Waals surface area (Å²) in [5.74, 6) is -0.483. The second-order valence-electron chi connectivity index (χ2n) is 5.43. The van der Waals surface area contributed by atoms with Crippen LogP contribution in [0.4, 0.5) is 0 Å². The molecule has 0 saturated heterocycles. The molecular formula is C16H17BN3O3S. The van der Waals surface area contributed by atoms with E-state index in [4.69, 9.17) is 10.6 Å². The van der Waals surface area contributed by atoms with Crippen LogP contribution in [0.2, 0.25) is 0 Å². The van der Waals surface area contributed by atoms with Crippen LogP contribution in [0.3, 0.4) is 0 Å². The third kappa shape index (κ3) is 3.01. The van der Waals surface area contributed by atoms with Crippen molar-refractivity contribution >= 4 is 40.9 Å². The quantitative estimate of drug-likeness (QED) is 0.261. The number of carbonyl (C=O) groups excluding carboxylic acids is 2. The van der Waals surface area contributed by atoms with Gasteiger partial charge in [-0.15, -0.1) is 17.9 Å². The Balaban J connectivity index is 2.09. The topological polar surface area (TPSA) is 84.7 Å². The van der Waals surface area contributed by atoms with Crippen molar-refractivity contribution in [3.63, 3.8) is 0 Å². The Kier molecular flexibility index (Phi) is 5.10. The van der Waals surface area contributed by atoms with Gasteiger partial charge in [-0.1, -0.05) is 24.3 Å². The Morgan fingerprint density at radius 3 is 3.04 bits per heavy atom. The minimum absolute atomic E-state index is 0.177. The van der Waals surface area contributed by atoms with Crippen LogP contribution in [0, 0.1) is 0 Å². The van der Waals surface area contributed by atoms with Gasteiger partial charge >= 0.3 is 0 Å². The lowest BCUT2D eigenvalue weighted by molar-refractivity contribution is -0.122. The number of hydrogen-bond acceptors (Lipinski definition) is 6. The molecule has 0 aliphatic carbocycles. The van der Waals surface area contributed by atoms with Crippen molar-refractivity contribution in [2.45, 2.75) is 12.1 Å². The summed E-state index contributed by atoms with van der Waals surface area (Å²) >= 11 is 1.60. The lowest BCUT2D eigenvalue weighted by Crippen LogP contribution is -2.48. The first-order chi connectivity index (χ1) is 11.7. The summed E-state index contributed by atoms with van der Waals surface area (Å²) < 4.78 is 1.07. The number of thiophene rings is 1. The number of primary amides is 1. The van der Waals surface area contributed by atoms with Gasteiger partial charge in [0.2, 0.25) is 5.91 Å². The zero-order valence-electron chi connectivity index (χ0n) is 13.0. The highest BCUT2D eigenvalue weighted by Crippen LogP contribution is 2.44. The maximum atomic E-state index is 12.1. The molecule has 0 saturated carbocycles. The van der Waals surface area contributed by atoms with E-state index in [1.165, 1.54) is 7.41 Å². The number of amides is 1. The lowest BCUT2D eigenvalue weighted by atomic mass is 9.83. The summed E-state index contributed by atoms with van der Waals surface area (Å²) in [7, 11) is 1.35. The molecule has 1 aliphatic rings. The number of nitrogens with zero attached hydrogens (tertiary/aromatic N) is 1. The number of hydroxylamine groups is 1. The van der Waals surface area contributed by atoms with Crippen LogP contribution in [-0.2, 0) is 14.4 Å². The summed E-state index contributed by atoms with van der Waals surface area (Å²) in [6, 6.07) is 7.00. The van der Waals surface area contributed by atoms with Gasteiger partial charge in [-0.25, -0.2) is 0 Å². The molecule has 1 aromatic carbocycles. The van der Waals surface area contributed by atoms with Gasteiger partial charge in [-0.3, -0.25) is 9.63 Å². The van der Waals surface area contributed by atoms with Crippen LogP contribution in [0.5, 0.6) is 0 Å². The van der Waals surface area contributed by atoms with E-state index in [1.54, 1.807) is 22.2 Å². The van der Waals surface area contributed by atoms with Crippen LogP contribution in [0.15, 0.2) is 36.9 Å². The van der Waals surface area contributed by atoms with Crippen molar-refractivity contribution < 1.29 is 14.4 Å². The molecule has 1 aromatic heterocycles. The third-order valence-electron chi connectivity index (χ3n) is 3.93. The molecule has 24 heavy (non-hydrogen) atoms. The fourth-order valence-corrected chi connectivity index (χ4v) is 4.29. The molecule has 0 spiro atoms. The molecule has 1 aliphatic heterocycles. The van der Waals surface area contributed by atoms with Crippen LogP contribution in [0.25, 0.3) is 10.1 Å². The normalized spacial score (nSPS) is 20.5. The van der Waals surface area contributed by atoms with E-state index < -0.39 is 11.9 Å². The van der Waals surface area contributed by atoms with E-state index in [9.17, 15) is 9.59 Å².